The van der Waals surface area contributed by atoms with Crippen LogP contribution in [0.3, 0.4) is 0 Å². The lowest BCUT2D eigenvalue weighted by Crippen LogP contribution is -1.98. The maximum Gasteiger partial charge on any atom is 0.0347 e. The van der Waals surface area contributed by atoms with Gasteiger partial charge in [0.05, 0.1) is 0 Å². The fraction of sp³-hybridized carbons (Fsp3) is 1.00. The molecule has 0 aromatic heterocycles. The van der Waals surface area contributed by atoms with Gasteiger partial charge in [0.25, 0.3) is 0 Å². The van der Waals surface area contributed by atoms with Gasteiger partial charge in [0, 0.05) is 11.3 Å². The summed E-state index contributed by atoms with van der Waals surface area (Å²) >= 11 is 11.8. The molecule has 0 rings (SSSR count). The summed E-state index contributed by atoms with van der Waals surface area (Å²) < 4.78 is 0. The zero-order chi connectivity index (χ0) is 12.8. The summed E-state index contributed by atoms with van der Waals surface area (Å²) in [5.74, 6) is 0.700. The lowest BCUT2D eigenvalue weighted by molar-refractivity contribution is 0.544. The van der Waals surface area contributed by atoms with Crippen molar-refractivity contribution >= 4 is 23.2 Å². The average Bonchev–Trinajstić information content (AvgIpc) is 2.32. The molecule has 18 heavy (non-hydrogen) atoms. The molecule has 0 heterocycles. The van der Waals surface area contributed by atoms with E-state index in [0.29, 0.717) is 11.3 Å². The van der Waals surface area contributed by atoms with Gasteiger partial charge in [-0.2, -0.15) is 0 Å². The van der Waals surface area contributed by atoms with Gasteiger partial charge in [0.15, 0.2) is 0 Å². The van der Waals surface area contributed by atoms with E-state index in [9.17, 15) is 0 Å². The van der Waals surface area contributed by atoms with E-state index in [1.807, 2.05) is 0 Å². The monoisotopic (exact) mass is 297 g/mol. The van der Waals surface area contributed by atoms with Gasteiger partial charge in [-0.15, -0.1) is 23.2 Å². The Morgan fingerprint density at radius 3 is 1.61 bits per heavy atom. The van der Waals surface area contributed by atoms with E-state index >= 15 is 0 Å². The number of alkyl halides is 2. The van der Waals surface area contributed by atoms with Crippen LogP contribution in [0.25, 0.3) is 0 Å². The van der Waals surface area contributed by atoms with E-state index in [4.69, 9.17) is 23.2 Å². The molecule has 0 spiro atoms. The van der Waals surface area contributed by atoms with Gasteiger partial charge in [-0.3, -0.25) is 0 Å². The Kier molecular flexibility index (Phi) is 20.3. The molecule has 0 aliphatic carbocycles. The van der Waals surface area contributed by atoms with Gasteiger partial charge in [0.2, 0.25) is 0 Å². The van der Waals surface area contributed by atoms with Crippen molar-refractivity contribution in [1.29, 1.82) is 0 Å². The average molecular weight is 298 g/mol. The van der Waals surface area contributed by atoms with E-state index in [2.05, 4.69) is 6.92 Å². The predicted molar refractivity (Wildman–Crippen MR) is 86.5 cm³/mol. The maximum atomic E-state index is 6.11. The molecule has 1 atom stereocenters. The number of rotatable bonds is 13. The van der Waals surface area contributed by atoms with E-state index in [-0.39, 0.29) is 6.15 Å². The van der Waals surface area contributed by atoms with Crippen molar-refractivity contribution in [1.82, 2.24) is 6.15 Å². The summed E-state index contributed by atoms with van der Waals surface area (Å²) in [7, 11) is 0. The minimum Gasteiger partial charge on any atom is -0.344 e. The summed E-state index contributed by atoms with van der Waals surface area (Å²) in [4.78, 5) is 0. The third-order valence-corrected chi connectivity index (χ3v) is 3.95. The summed E-state index contributed by atoms with van der Waals surface area (Å²) in [6.45, 7) is 2.27. The van der Waals surface area contributed by atoms with Crippen molar-refractivity contribution in [2.75, 3.05) is 5.88 Å². The zero-order valence-corrected chi connectivity index (χ0v) is 13.7. The maximum absolute atomic E-state index is 6.11. The molecule has 0 aliphatic rings. The first kappa shape index (κ1) is 20.8. The quantitative estimate of drug-likeness (QED) is 0.298. The number of hydrogen-bond donors (Lipinski definition) is 1. The molecule has 0 saturated heterocycles. The summed E-state index contributed by atoms with van der Waals surface area (Å²) in [5, 5.41) is 0.307. The third kappa shape index (κ3) is 16.5. The van der Waals surface area contributed by atoms with Crippen LogP contribution in [0.5, 0.6) is 0 Å². The minimum atomic E-state index is 0. The van der Waals surface area contributed by atoms with Crippen LogP contribution in [-0.2, 0) is 0 Å². The molecule has 112 valence electrons. The number of unbranched alkanes of at least 4 members (excludes halogenated alkanes) is 9. The van der Waals surface area contributed by atoms with Gasteiger partial charge >= 0.3 is 0 Å². The molecule has 0 bridgehead atoms. The van der Waals surface area contributed by atoms with Gasteiger partial charge in [0.1, 0.15) is 0 Å². The van der Waals surface area contributed by atoms with Crippen molar-refractivity contribution in [3.63, 3.8) is 0 Å². The molecular weight excluding hydrogens is 265 g/mol. The van der Waals surface area contributed by atoms with Crippen LogP contribution in [0.15, 0.2) is 0 Å². The molecule has 0 saturated carbocycles. The first-order valence-electron chi connectivity index (χ1n) is 7.51. The van der Waals surface area contributed by atoms with Gasteiger partial charge in [-0.25, -0.2) is 0 Å². The first-order chi connectivity index (χ1) is 8.31. The lowest BCUT2D eigenvalue weighted by atomic mass is 10.0. The SMILES string of the molecule is CCCCCCCCCCCCC(Cl)CCCl.N. The van der Waals surface area contributed by atoms with Crippen molar-refractivity contribution in [2.24, 2.45) is 0 Å². The fourth-order valence-corrected chi connectivity index (χ4v) is 2.75. The Morgan fingerprint density at radius 1 is 0.722 bits per heavy atom. The van der Waals surface area contributed by atoms with E-state index in [0.717, 1.165) is 12.8 Å². The summed E-state index contributed by atoms with van der Waals surface area (Å²) in [5.41, 5.74) is 0. The Bertz CT molecular complexity index is 142. The van der Waals surface area contributed by atoms with Crippen molar-refractivity contribution < 1.29 is 0 Å². The molecule has 0 fully saturated rings. The zero-order valence-electron chi connectivity index (χ0n) is 12.2. The topological polar surface area (TPSA) is 35.0 Å². The molecule has 0 radical (unpaired) electrons. The Hall–Kier alpha value is 0.540. The number of hydrogen-bond acceptors (Lipinski definition) is 1. The smallest absolute Gasteiger partial charge is 0.0347 e. The molecule has 0 aromatic rings. The highest BCUT2D eigenvalue weighted by molar-refractivity contribution is 6.22. The molecule has 3 heteroatoms. The van der Waals surface area contributed by atoms with Crippen molar-refractivity contribution in [3.05, 3.63) is 0 Å². The Balaban J connectivity index is 0. The van der Waals surface area contributed by atoms with E-state index in [1.165, 1.54) is 64.2 Å². The molecule has 0 aliphatic heterocycles. The molecule has 1 nitrogen and oxygen atoms in total. The molecule has 1 unspecified atom stereocenters. The van der Waals surface area contributed by atoms with Crippen LogP contribution < -0.4 is 6.15 Å². The Morgan fingerprint density at radius 2 is 1.17 bits per heavy atom. The van der Waals surface area contributed by atoms with Crippen LogP contribution in [0.2, 0.25) is 0 Å². The highest BCUT2D eigenvalue weighted by Gasteiger charge is 2.02. The van der Waals surface area contributed by atoms with Crippen LogP contribution in [0.4, 0.5) is 0 Å². The van der Waals surface area contributed by atoms with Gasteiger partial charge in [-0.1, -0.05) is 71.1 Å². The lowest BCUT2D eigenvalue weighted by Gasteiger charge is -2.06. The molecular formula is C15H33Cl2N. The second kappa shape index (κ2) is 17.5. The second-order valence-electron chi connectivity index (χ2n) is 5.05. The van der Waals surface area contributed by atoms with Crippen LogP contribution in [0.1, 0.15) is 84.0 Å². The highest BCUT2D eigenvalue weighted by Crippen LogP contribution is 2.15. The van der Waals surface area contributed by atoms with Gasteiger partial charge < -0.3 is 6.15 Å². The van der Waals surface area contributed by atoms with Crippen LogP contribution >= 0.6 is 23.2 Å². The summed E-state index contributed by atoms with van der Waals surface area (Å²) in [6, 6.07) is 0. The molecule has 0 amide bonds. The van der Waals surface area contributed by atoms with Gasteiger partial charge in [-0.05, 0) is 12.8 Å². The molecule has 3 N–H and O–H groups in total. The fourth-order valence-electron chi connectivity index (χ4n) is 2.12. The molecule has 0 aromatic carbocycles. The van der Waals surface area contributed by atoms with Crippen LogP contribution in [0, 0.1) is 0 Å². The summed E-state index contributed by atoms with van der Waals surface area (Å²) in [6.07, 6.45) is 16.0. The van der Waals surface area contributed by atoms with Crippen LogP contribution in [-0.4, -0.2) is 11.3 Å². The normalized spacial score (nSPS) is 12.2. The minimum absolute atomic E-state index is 0. The standard InChI is InChI=1S/C15H30Cl2.H3N/c1-2-3-4-5-6-7-8-9-10-11-12-15(17)13-14-16;/h15H,2-14H2,1H3;1H3. The third-order valence-electron chi connectivity index (χ3n) is 3.29. The highest BCUT2D eigenvalue weighted by atomic mass is 35.5. The van der Waals surface area contributed by atoms with Crippen molar-refractivity contribution in [3.8, 4) is 0 Å². The van der Waals surface area contributed by atoms with E-state index < -0.39 is 0 Å². The second-order valence-corrected chi connectivity index (χ2v) is 6.04. The largest absolute Gasteiger partial charge is 0.344 e. The Labute approximate surface area is 125 Å². The first-order valence-corrected chi connectivity index (χ1v) is 8.48. The van der Waals surface area contributed by atoms with E-state index in [1.54, 1.807) is 0 Å². The number of halogens is 2. The predicted octanol–water partition coefficient (Wildman–Crippen LogP) is 6.70. The van der Waals surface area contributed by atoms with Crippen molar-refractivity contribution in [2.45, 2.75) is 89.4 Å².